The molecule has 2 aromatic heterocycles. The maximum absolute atomic E-state index is 12.6. The van der Waals surface area contributed by atoms with E-state index < -0.39 is 11.5 Å². The van der Waals surface area contributed by atoms with E-state index in [1.165, 1.54) is 6.42 Å². The van der Waals surface area contributed by atoms with Gasteiger partial charge in [-0.2, -0.15) is 0 Å². The number of nitrogens with zero attached hydrogens (tertiary/aromatic N) is 1. The Morgan fingerprint density at radius 1 is 1.11 bits per heavy atom. The molecule has 27 heavy (non-hydrogen) atoms. The van der Waals surface area contributed by atoms with E-state index in [-0.39, 0.29) is 11.6 Å². The molecule has 1 atom stereocenters. The second-order valence-electron chi connectivity index (χ2n) is 6.82. The number of rotatable bonds is 5. The molecular formula is C21H22N2O4. The van der Waals surface area contributed by atoms with Crippen LogP contribution in [0.1, 0.15) is 41.4 Å². The first kappa shape index (κ1) is 17.5. The Bertz CT molecular complexity index is 971. The van der Waals surface area contributed by atoms with Crippen LogP contribution in [0.3, 0.4) is 0 Å². The molecule has 3 aromatic rings. The summed E-state index contributed by atoms with van der Waals surface area (Å²) in [5.74, 6) is 0.394. The lowest BCUT2D eigenvalue weighted by atomic mass is 10.1. The number of fused-ring (bicyclic) bond motifs is 1. The molecule has 0 radical (unpaired) electrons. The van der Waals surface area contributed by atoms with Gasteiger partial charge < -0.3 is 14.2 Å². The molecule has 1 aliphatic rings. The van der Waals surface area contributed by atoms with E-state index in [0.29, 0.717) is 12.1 Å². The van der Waals surface area contributed by atoms with Crippen LogP contribution < -0.4 is 10.9 Å². The minimum atomic E-state index is -0.626. The molecule has 0 bridgehead atoms. The van der Waals surface area contributed by atoms with Gasteiger partial charge in [-0.05, 0) is 50.2 Å². The average Bonchev–Trinajstić information content (AvgIpc) is 3.23. The summed E-state index contributed by atoms with van der Waals surface area (Å²) in [7, 11) is 0. The zero-order valence-electron chi connectivity index (χ0n) is 15.0. The molecule has 140 valence electrons. The lowest BCUT2D eigenvalue weighted by Gasteiger charge is -2.33. The van der Waals surface area contributed by atoms with Crippen LogP contribution in [0.25, 0.3) is 11.0 Å². The largest absolute Gasteiger partial charge is 0.468 e. The summed E-state index contributed by atoms with van der Waals surface area (Å²) in [4.78, 5) is 27.2. The highest BCUT2D eigenvalue weighted by Crippen LogP contribution is 2.24. The molecule has 1 fully saturated rings. The summed E-state index contributed by atoms with van der Waals surface area (Å²) in [5, 5.41) is 3.61. The lowest BCUT2D eigenvalue weighted by Crippen LogP contribution is -2.41. The summed E-state index contributed by atoms with van der Waals surface area (Å²) in [6.45, 7) is 2.32. The number of hydrogen-bond donors (Lipinski definition) is 1. The van der Waals surface area contributed by atoms with E-state index in [0.717, 1.165) is 37.1 Å². The molecule has 1 aliphatic heterocycles. The van der Waals surface area contributed by atoms with Gasteiger partial charge in [-0.15, -0.1) is 0 Å². The highest BCUT2D eigenvalue weighted by molar-refractivity contribution is 5.96. The van der Waals surface area contributed by atoms with Crippen molar-refractivity contribution in [3.63, 3.8) is 0 Å². The van der Waals surface area contributed by atoms with Gasteiger partial charge in [0.2, 0.25) is 0 Å². The zero-order valence-corrected chi connectivity index (χ0v) is 15.0. The Morgan fingerprint density at radius 3 is 2.70 bits per heavy atom. The standard InChI is InChI=1S/C21H22N2O4/c24-20(16-13-15-7-2-3-8-18(15)27-21(16)25)22-14-17(19-9-6-12-26-19)23-10-4-1-5-11-23/h2-3,6-9,12-13,17H,1,4-5,10-11,14H2,(H,22,24). The van der Waals surface area contributed by atoms with Crippen molar-refractivity contribution in [2.75, 3.05) is 19.6 Å². The van der Waals surface area contributed by atoms with Gasteiger partial charge in [-0.1, -0.05) is 24.6 Å². The van der Waals surface area contributed by atoms with Gasteiger partial charge in [0.05, 0.1) is 12.3 Å². The number of carbonyl (C=O) groups is 1. The molecule has 6 nitrogen and oxygen atoms in total. The molecule has 1 aromatic carbocycles. The topological polar surface area (TPSA) is 75.7 Å². The van der Waals surface area contributed by atoms with Crippen molar-refractivity contribution in [3.8, 4) is 0 Å². The van der Waals surface area contributed by atoms with Crippen LogP contribution in [-0.4, -0.2) is 30.4 Å². The molecule has 3 heterocycles. The number of furan rings is 1. The number of likely N-dealkylation sites (tertiary alicyclic amines) is 1. The van der Waals surface area contributed by atoms with Crippen molar-refractivity contribution < 1.29 is 13.6 Å². The molecule has 1 saturated heterocycles. The molecule has 0 spiro atoms. The van der Waals surface area contributed by atoms with Crippen LogP contribution in [0.15, 0.2) is 62.4 Å². The maximum atomic E-state index is 12.6. The first-order valence-electron chi connectivity index (χ1n) is 9.31. The summed E-state index contributed by atoms with van der Waals surface area (Å²) in [5.41, 5.74) is -0.134. The fraction of sp³-hybridized carbons (Fsp3) is 0.333. The average molecular weight is 366 g/mol. The molecule has 1 amide bonds. The summed E-state index contributed by atoms with van der Waals surface area (Å²) in [6, 6.07) is 12.5. The Labute approximate surface area is 156 Å². The molecule has 1 N–H and O–H groups in total. The van der Waals surface area contributed by atoms with Crippen molar-refractivity contribution >= 4 is 16.9 Å². The quantitative estimate of drug-likeness (QED) is 0.701. The van der Waals surface area contributed by atoms with E-state index in [9.17, 15) is 9.59 Å². The molecule has 4 rings (SSSR count). The number of amides is 1. The normalized spacial score (nSPS) is 16.3. The summed E-state index contributed by atoms with van der Waals surface area (Å²) >= 11 is 0. The van der Waals surface area contributed by atoms with Gasteiger partial charge in [0, 0.05) is 11.9 Å². The predicted molar refractivity (Wildman–Crippen MR) is 102 cm³/mol. The van der Waals surface area contributed by atoms with Crippen LogP contribution in [0, 0.1) is 0 Å². The fourth-order valence-corrected chi connectivity index (χ4v) is 3.63. The summed E-state index contributed by atoms with van der Waals surface area (Å²) in [6.07, 6.45) is 5.15. The molecule has 1 unspecified atom stereocenters. The van der Waals surface area contributed by atoms with E-state index in [2.05, 4.69) is 10.2 Å². The zero-order chi connectivity index (χ0) is 18.6. The number of nitrogens with one attached hydrogen (secondary N) is 1. The summed E-state index contributed by atoms with van der Waals surface area (Å²) < 4.78 is 10.9. The monoisotopic (exact) mass is 366 g/mol. The van der Waals surface area contributed by atoms with E-state index >= 15 is 0 Å². The van der Waals surface area contributed by atoms with Crippen molar-refractivity contribution in [3.05, 3.63) is 70.5 Å². The second kappa shape index (κ2) is 7.80. The van der Waals surface area contributed by atoms with Crippen LogP contribution in [-0.2, 0) is 0 Å². The van der Waals surface area contributed by atoms with Crippen LogP contribution in [0.2, 0.25) is 0 Å². The Kier molecular flexibility index (Phi) is 5.07. The third-order valence-electron chi connectivity index (χ3n) is 5.05. The first-order valence-corrected chi connectivity index (χ1v) is 9.31. The molecule has 6 heteroatoms. The number of para-hydroxylation sites is 1. The highest BCUT2D eigenvalue weighted by atomic mass is 16.4. The Morgan fingerprint density at radius 2 is 1.93 bits per heavy atom. The number of hydrogen-bond acceptors (Lipinski definition) is 5. The number of carbonyl (C=O) groups excluding carboxylic acids is 1. The van der Waals surface area contributed by atoms with Crippen LogP contribution in [0.5, 0.6) is 0 Å². The van der Waals surface area contributed by atoms with Gasteiger partial charge in [0.1, 0.15) is 16.9 Å². The third-order valence-corrected chi connectivity index (χ3v) is 5.05. The number of piperidine rings is 1. The highest BCUT2D eigenvalue weighted by Gasteiger charge is 2.25. The second-order valence-corrected chi connectivity index (χ2v) is 6.82. The molecule has 0 saturated carbocycles. The fourth-order valence-electron chi connectivity index (χ4n) is 3.63. The number of benzene rings is 1. The van der Waals surface area contributed by atoms with E-state index in [1.54, 1.807) is 24.5 Å². The van der Waals surface area contributed by atoms with Crippen molar-refractivity contribution in [2.45, 2.75) is 25.3 Å². The van der Waals surface area contributed by atoms with Gasteiger partial charge >= 0.3 is 5.63 Å². The van der Waals surface area contributed by atoms with E-state index in [4.69, 9.17) is 8.83 Å². The Balaban J connectivity index is 1.53. The predicted octanol–water partition coefficient (Wildman–Crippen LogP) is 3.34. The third kappa shape index (κ3) is 3.80. The minimum Gasteiger partial charge on any atom is -0.468 e. The van der Waals surface area contributed by atoms with Crippen molar-refractivity contribution in [1.82, 2.24) is 10.2 Å². The van der Waals surface area contributed by atoms with Crippen LogP contribution in [0.4, 0.5) is 0 Å². The Hall–Kier alpha value is -2.86. The SMILES string of the molecule is O=C(NCC(c1ccco1)N1CCCCC1)c1cc2ccccc2oc1=O. The first-order chi connectivity index (χ1) is 13.2. The minimum absolute atomic E-state index is 0.0190. The maximum Gasteiger partial charge on any atom is 0.349 e. The lowest BCUT2D eigenvalue weighted by molar-refractivity contribution is 0.0910. The van der Waals surface area contributed by atoms with Gasteiger partial charge in [-0.25, -0.2) is 4.79 Å². The van der Waals surface area contributed by atoms with Gasteiger partial charge in [0.25, 0.3) is 5.91 Å². The molecule has 0 aliphatic carbocycles. The smallest absolute Gasteiger partial charge is 0.349 e. The van der Waals surface area contributed by atoms with Gasteiger partial charge in [0.15, 0.2) is 0 Å². The van der Waals surface area contributed by atoms with E-state index in [1.807, 2.05) is 24.3 Å². The van der Waals surface area contributed by atoms with Crippen molar-refractivity contribution in [1.29, 1.82) is 0 Å². The van der Waals surface area contributed by atoms with Crippen molar-refractivity contribution in [2.24, 2.45) is 0 Å². The molecular weight excluding hydrogens is 344 g/mol. The van der Waals surface area contributed by atoms with Gasteiger partial charge in [-0.3, -0.25) is 9.69 Å². The van der Waals surface area contributed by atoms with Crippen LogP contribution >= 0.6 is 0 Å².